The third-order valence-corrected chi connectivity index (χ3v) is 5.75. The van der Waals surface area contributed by atoms with Gasteiger partial charge in [-0.25, -0.2) is 0 Å². The van der Waals surface area contributed by atoms with Crippen LogP contribution in [0.25, 0.3) is 0 Å². The highest BCUT2D eigenvalue weighted by Crippen LogP contribution is 2.19. The van der Waals surface area contributed by atoms with Gasteiger partial charge in [0.2, 0.25) is 11.8 Å². The van der Waals surface area contributed by atoms with Crippen LogP contribution in [0, 0.1) is 13.8 Å². The molecule has 1 aromatic heterocycles. The fourth-order valence-electron chi connectivity index (χ4n) is 3.44. The summed E-state index contributed by atoms with van der Waals surface area (Å²) in [6.07, 6.45) is 0.468. The smallest absolute Gasteiger partial charge is 0.232 e. The number of aryl methyl sites for hydroxylation is 2. The number of aromatic nitrogens is 2. The van der Waals surface area contributed by atoms with E-state index in [1.807, 2.05) is 22.6 Å². The molecule has 0 bridgehead atoms. The van der Waals surface area contributed by atoms with Crippen LogP contribution in [0.15, 0.2) is 24.3 Å². The zero-order valence-electron chi connectivity index (χ0n) is 16.8. The van der Waals surface area contributed by atoms with Crippen molar-refractivity contribution in [1.29, 1.82) is 0 Å². The summed E-state index contributed by atoms with van der Waals surface area (Å²) in [5, 5.41) is 7.37. The van der Waals surface area contributed by atoms with Crippen LogP contribution in [0.4, 0.5) is 0 Å². The predicted octanol–water partition coefficient (Wildman–Crippen LogP) is 2.80. The zero-order valence-corrected chi connectivity index (χ0v) is 17.6. The summed E-state index contributed by atoms with van der Waals surface area (Å²) in [5.41, 5.74) is 5.66. The Kier molecular flexibility index (Phi) is 6.78. The van der Waals surface area contributed by atoms with E-state index < -0.39 is 0 Å². The number of carbonyl (C=O) groups excluding carboxylic acids is 2. The molecule has 2 heterocycles. The van der Waals surface area contributed by atoms with Crippen molar-refractivity contribution in [2.45, 2.75) is 52.6 Å². The number of hydrogen-bond donors (Lipinski definition) is 1. The Hall–Kier alpha value is -2.28. The molecule has 0 saturated heterocycles. The Morgan fingerprint density at radius 1 is 1.14 bits per heavy atom. The fraction of sp³-hybridized carbons (Fsp3) is 0.476. The number of amides is 2. The number of fused-ring (bicyclic) bond motifs is 1. The minimum Gasteiger partial charge on any atom is -0.350 e. The topological polar surface area (TPSA) is 67.2 Å². The van der Waals surface area contributed by atoms with Crippen molar-refractivity contribution in [1.82, 2.24) is 20.0 Å². The Bertz CT molecular complexity index is 842. The minimum absolute atomic E-state index is 0.0172. The maximum atomic E-state index is 12.6. The molecule has 3 rings (SSSR count). The number of hydrogen-bond acceptors (Lipinski definition) is 4. The number of nitrogens with zero attached hydrogens (tertiary/aromatic N) is 3. The molecule has 1 aliphatic heterocycles. The van der Waals surface area contributed by atoms with Crippen LogP contribution in [0.5, 0.6) is 0 Å². The summed E-state index contributed by atoms with van der Waals surface area (Å²) in [6, 6.07) is 8.52. The van der Waals surface area contributed by atoms with Crippen molar-refractivity contribution in [3.63, 3.8) is 0 Å². The van der Waals surface area contributed by atoms with Gasteiger partial charge in [-0.3, -0.25) is 14.3 Å². The van der Waals surface area contributed by atoms with Gasteiger partial charge >= 0.3 is 0 Å². The number of nitrogens with one attached hydrogen (secondary N) is 1. The highest BCUT2D eigenvalue weighted by atomic mass is 32.2. The van der Waals surface area contributed by atoms with E-state index in [1.165, 1.54) is 16.7 Å². The second-order valence-electron chi connectivity index (χ2n) is 7.28. The van der Waals surface area contributed by atoms with E-state index in [1.54, 1.807) is 11.8 Å². The third-order valence-electron chi connectivity index (χ3n) is 4.76. The van der Waals surface area contributed by atoms with Crippen LogP contribution in [0.3, 0.4) is 0 Å². The van der Waals surface area contributed by atoms with Crippen LogP contribution in [0.1, 0.15) is 41.4 Å². The fourth-order valence-corrected chi connectivity index (χ4v) is 4.30. The van der Waals surface area contributed by atoms with Gasteiger partial charge in [-0.05, 0) is 25.5 Å². The first kappa shape index (κ1) is 20.5. The Morgan fingerprint density at radius 2 is 1.89 bits per heavy atom. The lowest BCUT2D eigenvalue weighted by Gasteiger charge is -2.27. The molecule has 0 atom stereocenters. The van der Waals surface area contributed by atoms with Crippen LogP contribution < -0.4 is 5.32 Å². The van der Waals surface area contributed by atoms with Crippen molar-refractivity contribution in [3.05, 3.63) is 52.3 Å². The van der Waals surface area contributed by atoms with Gasteiger partial charge in [0.25, 0.3) is 0 Å². The number of rotatable bonds is 7. The maximum Gasteiger partial charge on any atom is 0.232 e. The first-order valence-corrected chi connectivity index (χ1v) is 10.8. The SMILES string of the molecule is CCC(=O)NCc1cc2n(n1)CCN(C(=O)CSCc1cc(C)cc(C)c1)C2. The highest BCUT2D eigenvalue weighted by molar-refractivity contribution is 7.99. The molecule has 2 amide bonds. The van der Waals surface area contributed by atoms with Crippen molar-refractivity contribution in [3.8, 4) is 0 Å². The lowest BCUT2D eigenvalue weighted by molar-refractivity contribution is -0.129. The van der Waals surface area contributed by atoms with Crippen LogP contribution in [-0.4, -0.2) is 38.8 Å². The van der Waals surface area contributed by atoms with E-state index in [9.17, 15) is 9.59 Å². The van der Waals surface area contributed by atoms with Gasteiger partial charge in [-0.2, -0.15) is 5.10 Å². The largest absolute Gasteiger partial charge is 0.350 e. The van der Waals surface area contributed by atoms with E-state index in [4.69, 9.17) is 0 Å². The Labute approximate surface area is 170 Å². The number of carbonyl (C=O) groups is 2. The zero-order chi connectivity index (χ0) is 20.1. The molecule has 1 aliphatic rings. The Morgan fingerprint density at radius 3 is 2.61 bits per heavy atom. The van der Waals surface area contributed by atoms with Crippen molar-refractivity contribution < 1.29 is 9.59 Å². The standard InChI is InChI=1S/C21H28N4O2S/c1-4-20(26)22-11-18-10-19-12-24(5-6-25(19)23-18)21(27)14-28-13-17-8-15(2)7-16(3)9-17/h7-10H,4-6,11-14H2,1-3H3,(H,22,26). The van der Waals surface area contributed by atoms with Gasteiger partial charge in [-0.15, -0.1) is 11.8 Å². The normalized spacial score (nSPS) is 13.3. The molecular weight excluding hydrogens is 372 g/mol. The molecule has 150 valence electrons. The monoisotopic (exact) mass is 400 g/mol. The molecular formula is C21H28N4O2S. The van der Waals surface area contributed by atoms with Crippen molar-refractivity contribution in [2.75, 3.05) is 12.3 Å². The summed E-state index contributed by atoms with van der Waals surface area (Å²) in [5.74, 6) is 1.52. The second kappa shape index (κ2) is 9.28. The molecule has 6 nitrogen and oxygen atoms in total. The van der Waals surface area contributed by atoms with E-state index >= 15 is 0 Å². The first-order chi connectivity index (χ1) is 13.4. The van der Waals surface area contributed by atoms with Gasteiger partial charge in [0.15, 0.2) is 0 Å². The molecule has 0 unspecified atom stereocenters. The van der Waals surface area contributed by atoms with Gasteiger partial charge in [-0.1, -0.05) is 36.2 Å². The second-order valence-corrected chi connectivity index (χ2v) is 8.27. The predicted molar refractivity (Wildman–Crippen MR) is 112 cm³/mol. The van der Waals surface area contributed by atoms with E-state index in [0.29, 0.717) is 38.4 Å². The molecule has 28 heavy (non-hydrogen) atoms. The molecule has 0 spiro atoms. The molecule has 0 fully saturated rings. The minimum atomic E-state index is 0.0172. The highest BCUT2D eigenvalue weighted by Gasteiger charge is 2.22. The summed E-state index contributed by atoms with van der Waals surface area (Å²) >= 11 is 1.66. The van der Waals surface area contributed by atoms with E-state index in [-0.39, 0.29) is 11.8 Å². The lowest BCUT2D eigenvalue weighted by Crippen LogP contribution is -2.39. The molecule has 7 heteroatoms. The summed E-state index contributed by atoms with van der Waals surface area (Å²) < 4.78 is 1.94. The van der Waals surface area contributed by atoms with E-state index in [0.717, 1.165) is 17.1 Å². The molecule has 1 aromatic carbocycles. The average molecular weight is 401 g/mol. The third kappa shape index (κ3) is 5.38. The molecule has 0 saturated carbocycles. The number of thioether (sulfide) groups is 1. The number of benzene rings is 1. The first-order valence-electron chi connectivity index (χ1n) is 9.69. The molecule has 0 aliphatic carbocycles. The van der Waals surface area contributed by atoms with Crippen molar-refractivity contribution >= 4 is 23.6 Å². The summed E-state index contributed by atoms with van der Waals surface area (Å²) in [6.45, 7) is 8.43. The maximum absolute atomic E-state index is 12.6. The van der Waals surface area contributed by atoms with Crippen LogP contribution in [0.2, 0.25) is 0 Å². The van der Waals surface area contributed by atoms with Crippen LogP contribution in [-0.2, 0) is 35.0 Å². The van der Waals surface area contributed by atoms with Gasteiger partial charge in [0.1, 0.15) is 0 Å². The van der Waals surface area contributed by atoms with Gasteiger partial charge in [0, 0.05) is 18.7 Å². The van der Waals surface area contributed by atoms with Crippen molar-refractivity contribution in [2.24, 2.45) is 0 Å². The summed E-state index contributed by atoms with van der Waals surface area (Å²) in [4.78, 5) is 25.9. The van der Waals surface area contributed by atoms with Gasteiger partial charge < -0.3 is 10.2 Å². The molecule has 2 aromatic rings. The quantitative estimate of drug-likeness (QED) is 0.776. The molecule has 0 radical (unpaired) electrons. The van der Waals surface area contributed by atoms with E-state index in [2.05, 4.69) is 42.5 Å². The van der Waals surface area contributed by atoms with Crippen LogP contribution >= 0.6 is 11.8 Å². The Balaban J connectivity index is 1.49. The van der Waals surface area contributed by atoms with Gasteiger partial charge in [0.05, 0.1) is 36.8 Å². The average Bonchev–Trinajstić information content (AvgIpc) is 3.07. The molecule has 1 N–H and O–H groups in total. The lowest BCUT2D eigenvalue weighted by atomic mass is 10.1. The summed E-state index contributed by atoms with van der Waals surface area (Å²) in [7, 11) is 0.